The van der Waals surface area contributed by atoms with Crippen LogP contribution < -0.4 is 5.32 Å². The Bertz CT molecular complexity index is 378. The Morgan fingerprint density at radius 1 is 1.40 bits per heavy atom. The molecule has 0 aliphatic carbocycles. The number of amides is 1. The fourth-order valence-electron chi connectivity index (χ4n) is 1.56. The number of aryl methyl sites for hydroxylation is 1. The van der Waals surface area contributed by atoms with Gasteiger partial charge in [0.05, 0.1) is 5.56 Å². The van der Waals surface area contributed by atoms with Crippen LogP contribution in [0, 0.1) is 6.92 Å². The summed E-state index contributed by atoms with van der Waals surface area (Å²) in [5.41, 5.74) is 2.73. The van der Waals surface area contributed by atoms with Crippen LogP contribution in [0.1, 0.15) is 42.4 Å². The molecule has 15 heavy (non-hydrogen) atoms. The third-order valence-corrected chi connectivity index (χ3v) is 2.38. The Labute approximate surface area is 90.9 Å². The highest BCUT2D eigenvalue weighted by Crippen LogP contribution is 2.25. The van der Waals surface area contributed by atoms with E-state index in [1.165, 1.54) is 0 Å². The molecule has 3 heteroatoms. The Hall–Kier alpha value is -1.38. The summed E-state index contributed by atoms with van der Waals surface area (Å²) in [4.78, 5) is 15.7. The Kier molecular flexibility index (Phi) is 3.12. The lowest BCUT2D eigenvalue weighted by molar-refractivity contribution is 0.0962. The lowest BCUT2D eigenvalue weighted by Gasteiger charge is -2.21. The van der Waals surface area contributed by atoms with Gasteiger partial charge in [0.2, 0.25) is 0 Å². The Morgan fingerprint density at radius 2 is 2.00 bits per heavy atom. The maximum atomic E-state index is 11.5. The summed E-state index contributed by atoms with van der Waals surface area (Å²) >= 11 is 0. The number of carbonyl (C=O) groups is 1. The zero-order valence-corrected chi connectivity index (χ0v) is 10.0. The molecule has 0 bridgehead atoms. The molecule has 82 valence electrons. The van der Waals surface area contributed by atoms with Crippen LogP contribution in [0.2, 0.25) is 0 Å². The number of rotatable bonds is 1. The van der Waals surface area contributed by atoms with E-state index in [9.17, 15) is 4.79 Å². The van der Waals surface area contributed by atoms with Gasteiger partial charge in [-0.25, -0.2) is 0 Å². The van der Waals surface area contributed by atoms with Crippen LogP contribution in [0.5, 0.6) is 0 Å². The number of nitrogens with zero attached hydrogens (tertiary/aromatic N) is 1. The van der Waals surface area contributed by atoms with E-state index in [-0.39, 0.29) is 11.3 Å². The largest absolute Gasteiger partial charge is 0.355 e. The lowest BCUT2D eigenvalue weighted by Crippen LogP contribution is -2.21. The molecule has 0 spiro atoms. The van der Waals surface area contributed by atoms with Gasteiger partial charge in [-0.2, -0.15) is 0 Å². The van der Waals surface area contributed by atoms with Crippen LogP contribution in [-0.4, -0.2) is 17.9 Å². The van der Waals surface area contributed by atoms with Crippen LogP contribution in [0.4, 0.5) is 0 Å². The van der Waals surface area contributed by atoms with E-state index in [1.807, 2.05) is 13.0 Å². The molecule has 0 fully saturated rings. The van der Waals surface area contributed by atoms with E-state index in [0.29, 0.717) is 5.56 Å². The van der Waals surface area contributed by atoms with Gasteiger partial charge in [-0.1, -0.05) is 20.8 Å². The number of hydrogen-bond acceptors (Lipinski definition) is 2. The second-order valence-electron chi connectivity index (χ2n) is 4.69. The molecule has 3 nitrogen and oxygen atoms in total. The number of pyridine rings is 1. The van der Waals surface area contributed by atoms with Gasteiger partial charge in [0, 0.05) is 18.9 Å². The van der Waals surface area contributed by atoms with Gasteiger partial charge in [-0.3, -0.25) is 9.78 Å². The standard InChI is InChI=1S/C12H18N2O/c1-8-10(12(2,3)4)6-9(7-14-8)11(15)13-5/h6-7H,1-5H3,(H,13,15). The Morgan fingerprint density at radius 3 is 2.47 bits per heavy atom. The third kappa shape index (κ3) is 2.55. The quantitative estimate of drug-likeness (QED) is 0.764. The van der Waals surface area contributed by atoms with E-state index < -0.39 is 0 Å². The van der Waals surface area contributed by atoms with Crippen molar-refractivity contribution >= 4 is 5.91 Å². The molecule has 0 aromatic carbocycles. The number of nitrogens with one attached hydrogen (secondary N) is 1. The molecule has 1 amide bonds. The molecule has 0 aliphatic rings. The maximum Gasteiger partial charge on any atom is 0.252 e. The van der Waals surface area contributed by atoms with Crippen molar-refractivity contribution in [3.63, 3.8) is 0 Å². The van der Waals surface area contributed by atoms with Crippen LogP contribution in [0.25, 0.3) is 0 Å². The molecule has 1 N–H and O–H groups in total. The van der Waals surface area contributed by atoms with Gasteiger partial charge in [0.15, 0.2) is 0 Å². The summed E-state index contributed by atoms with van der Waals surface area (Å²) in [5, 5.41) is 2.60. The SMILES string of the molecule is CNC(=O)c1cnc(C)c(C(C)(C)C)c1. The second kappa shape index (κ2) is 4.01. The van der Waals surface area contributed by atoms with Gasteiger partial charge in [-0.15, -0.1) is 0 Å². The van der Waals surface area contributed by atoms with Crippen molar-refractivity contribution < 1.29 is 4.79 Å². The number of aromatic nitrogens is 1. The first-order valence-corrected chi connectivity index (χ1v) is 5.05. The minimum Gasteiger partial charge on any atom is -0.355 e. The van der Waals surface area contributed by atoms with Gasteiger partial charge in [0.25, 0.3) is 5.91 Å². The molecule has 0 aliphatic heterocycles. The predicted molar refractivity (Wildman–Crippen MR) is 61.1 cm³/mol. The molecule has 0 unspecified atom stereocenters. The molecule has 1 rings (SSSR count). The number of hydrogen-bond donors (Lipinski definition) is 1. The zero-order valence-electron chi connectivity index (χ0n) is 10.0. The van der Waals surface area contributed by atoms with E-state index in [4.69, 9.17) is 0 Å². The fraction of sp³-hybridized carbons (Fsp3) is 0.500. The highest BCUT2D eigenvalue weighted by atomic mass is 16.1. The lowest BCUT2D eigenvalue weighted by atomic mass is 9.85. The summed E-state index contributed by atoms with van der Waals surface area (Å²) in [6.45, 7) is 8.31. The van der Waals surface area contributed by atoms with Gasteiger partial charge < -0.3 is 5.32 Å². The predicted octanol–water partition coefficient (Wildman–Crippen LogP) is 2.05. The Balaban J connectivity index is 3.23. The molecular weight excluding hydrogens is 188 g/mol. The minimum absolute atomic E-state index is 0.0150. The summed E-state index contributed by atoms with van der Waals surface area (Å²) in [5.74, 6) is -0.0898. The van der Waals surface area contributed by atoms with Gasteiger partial charge in [-0.05, 0) is 24.0 Å². The van der Waals surface area contributed by atoms with Crippen molar-refractivity contribution in [1.82, 2.24) is 10.3 Å². The normalized spacial score (nSPS) is 11.3. The molecule has 0 radical (unpaired) electrons. The van der Waals surface area contributed by atoms with Crippen molar-refractivity contribution in [3.05, 3.63) is 29.1 Å². The highest BCUT2D eigenvalue weighted by Gasteiger charge is 2.18. The monoisotopic (exact) mass is 206 g/mol. The van der Waals surface area contributed by atoms with Crippen LogP contribution in [0.15, 0.2) is 12.3 Å². The average Bonchev–Trinajstić information content (AvgIpc) is 2.15. The summed E-state index contributed by atoms with van der Waals surface area (Å²) in [6, 6.07) is 1.92. The topological polar surface area (TPSA) is 42.0 Å². The van der Waals surface area contributed by atoms with Crippen molar-refractivity contribution in [2.45, 2.75) is 33.1 Å². The average molecular weight is 206 g/mol. The number of carbonyl (C=O) groups excluding carboxylic acids is 1. The summed E-state index contributed by atoms with van der Waals surface area (Å²) in [6.07, 6.45) is 1.61. The zero-order chi connectivity index (χ0) is 11.6. The van der Waals surface area contributed by atoms with Crippen LogP contribution in [-0.2, 0) is 5.41 Å². The van der Waals surface area contributed by atoms with Gasteiger partial charge >= 0.3 is 0 Å². The van der Waals surface area contributed by atoms with E-state index in [2.05, 4.69) is 31.1 Å². The van der Waals surface area contributed by atoms with Crippen molar-refractivity contribution in [3.8, 4) is 0 Å². The van der Waals surface area contributed by atoms with Gasteiger partial charge in [0.1, 0.15) is 0 Å². The molecule has 1 heterocycles. The first kappa shape index (κ1) is 11.7. The molecule has 0 saturated heterocycles. The van der Waals surface area contributed by atoms with Crippen LogP contribution >= 0.6 is 0 Å². The van der Waals surface area contributed by atoms with Crippen molar-refractivity contribution in [1.29, 1.82) is 0 Å². The third-order valence-electron chi connectivity index (χ3n) is 2.38. The van der Waals surface area contributed by atoms with Crippen molar-refractivity contribution in [2.24, 2.45) is 0 Å². The maximum absolute atomic E-state index is 11.5. The summed E-state index contributed by atoms with van der Waals surface area (Å²) < 4.78 is 0. The molecular formula is C12H18N2O. The molecule has 1 aromatic rings. The fourth-order valence-corrected chi connectivity index (χ4v) is 1.56. The summed E-state index contributed by atoms with van der Waals surface area (Å²) in [7, 11) is 1.62. The van der Waals surface area contributed by atoms with Crippen molar-refractivity contribution in [2.75, 3.05) is 7.05 Å². The second-order valence-corrected chi connectivity index (χ2v) is 4.69. The minimum atomic E-state index is -0.0898. The van der Waals surface area contributed by atoms with E-state index in [1.54, 1.807) is 13.2 Å². The highest BCUT2D eigenvalue weighted by molar-refractivity contribution is 5.93. The molecule has 0 saturated carbocycles. The molecule has 1 aromatic heterocycles. The smallest absolute Gasteiger partial charge is 0.252 e. The van der Waals surface area contributed by atoms with E-state index in [0.717, 1.165) is 11.3 Å². The van der Waals surface area contributed by atoms with E-state index >= 15 is 0 Å². The first-order valence-electron chi connectivity index (χ1n) is 5.05. The molecule has 0 atom stereocenters. The first-order chi connectivity index (χ1) is 6.86. The van der Waals surface area contributed by atoms with Crippen LogP contribution in [0.3, 0.4) is 0 Å².